The Balaban J connectivity index is 1.55. The number of likely N-dealkylation sites (tertiary alicyclic amines) is 1. The fourth-order valence-corrected chi connectivity index (χ4v) is 3.19. The van der Waals surface area contributed by atoms with Crippen LogP contribution in [0.4, 0.5) is 0 Å². The van der Waals surface area contributed by atoms with Gasteiger partial charge in [0.05, 0.1) is 0 Å². The van der Waals surface area contributed by atoms with Gasteiger partial charge in [-0.05, 0) is 70.1 Å². The van der Waals surface area contributed by atoms with Crippen LogP contribution in [0.3, 0.4) is 0 Å². The van der Waals surface area contributed by atoms with Crippen LogP contribution in [-0.4, -0.2) is 50.8 Å². The number of nitrogens with zero attached hydrogens (tertiary/aromatic N) is 1. The summed E-state index contributed by atoms with van der Waals surface area (Å²) in [5, 5.41) is 3.46. The lowest BCUT2D eigenvalue weighted by molar-refractivity contribution is 0.171. The third kappa shape index (κ3) is 3.89. The van der Waals surface area contributed by atoms with E-state index < -0.39 is 0 Å². The Hall–Kier alpha value is -1.26. The number of fused-ring (bicyclic) bond motifs is 1. The molecule has 0 spiro atoms. The van der Waals surface area contributed by atoms with Gasteiger partial charge in [0.25, 0.3) is 0 Å². The molecule has 1 aromatic rings. The summed E-state index contributed by atoms with van der Waals surface area (Å²) in [6.45, 7) is 5.07. The number of ether oxygens (including phenoxy) is 2. The van der Waals surface area contributed by atoms with Crippen LogP contribution < -0.4 is 14.8 Å². The first-order valence-corrected chi connectivity index (χ1v) is 8.13. The van der Waals surface area contributed by atoms with Crippen molar-refractivity contribution in [3.63, 3.8) is 0 Å². The van der Waals surface area contributed by atoms with Gasteiger partial charge >= 0.3 is 0 Å². The first-order valence-electron chi connectivity index (χ1n) is 8.13. The lowest BCUT2D eigenvalue weighted by Crippen LogP contribution is -2.32. The number of hydrogen-bond acceptors (Lipinski definition) is 4. The van der Waals surface area contributed by atoms with Gasteiger partial charge in [0, 0.05) is 6.04 Å². The van der Waals surface area contributed by atoms with Crippen molar-refractivity contribution in [2.75, 3.05) is 39.9 Å². The monoisotopic (exact) mass is 290 g/mol. The SMILES string of the molecule is CNC(CCN1CCCC1)Cc1ccc2c(c1)OCCO2. The second kappa shape index (κ2) is 7.14. The van der Waals surface area contributed by atoms with Crippen molar-refractivity contribution >= 4 is 0 Å². The highest BCUT2D eigenvalue weighted by Crippen LogP contribution is 2.31. The van der Waals surface area contributed by atoms with E-state index in [4.69, 9.17) is 9.47 Å². The summed E-state index contributed by atoms with van der Waals surface area (Å²) in [6, 6.07) is 6.85. The smallest absolute Gasteiger partial charge is 0.161 e. The maximum Gasteiger partial charge on any atom is 0.161 e. The minimum atomic E-state index is 0.521. The summed E-state index contributed by atoms with van der Waals surface area (Å²) >= 11 is 0. The topological polar surface area (TPSA) is 33.7 Å². The third-order valence-corrected chi connectivity index (χ3v) is 4.49. The van der Waals surface area contributed by atoms with Gasteiger partial charge in [-0.25, -0.2) is 0 Å². The molecule has 0 aromatic heterocycles. The van der Waals surface area contributed by atoms with Crippen LogP contribution in [0, 0.1) is 0 Å². The molecule has 1 aromatic carbocycles. The Bertz CT molecular complexity index is 458. The Labute approximate surface area is 127 Å². The van der Waals surface area contributed by atoms with Gasteiger partial charge in [-0.3, -0.25) is 0 Å². The Morgan fingerprint density at radius 2 is 1.90 bits per heavy atom. The largest absolute Gasteiger partial charge is 0.486 e. The van der Waals surface area contributed by atoms with Gasteiger partial charge in [0.15, 0.2) is 11.5 Å². The molecule has 0 aliphatic carbocycles. The molecule has 2 aliphatic heterocycles. The number of nitrogens with one attached hydrogen (secondary N) is 1. The summed E-state index contributed by atoms with van der Waals surface area (Å²) in [6.07, 6.45) is 4.98. The summed E-state index contributed by atoms with van der Waals surface area (Å²) in [5.74, 6) is 1.77. The average Bonchev–Trinajstić information content (AvgIpc) is 3.04. The van der Waals surface area contributed by atoms with Gasteiger partial charge in [-0.15, -0.1) is 0 Å². The van der Waals surface area contributed by atoms with E-state index in [9.17, 15) is 0 Å². The van der Waals surface area contributed by atoms with Crippen LogP contribution in [-0.2, 0) is 6.42 Å². The van der Waals surface area contributed by atoms with Crippen molar-refractivity contribution in [1.82, 2.24) is 10.2 Å². The van der Waals surface area contributed by atoms with Crippen molar-refractivity contribution in [3.8, 4) is 11.5 Å². The first kappa shape index (κ1) is 14.7. The van der Waals surface area contributed by atoms with E-state index in [2.05, 4.69) is 29.4 Å². The van der Waals surface area contributed by atoms with Gasteiger partial charge in [0.1, 0.15) is 13.2 Å². The molecule has 1 N–H and O–H groups in total. The van der Waals surface area contributed by atoms with Gasteiger partial charge in [0.2, 0.25) is 0 Å². The van der Waals surface area contributed by atoms with Crippen LogP contribution in [0.2, 0.25) is 0 Å². The van der Waals surface area contributed by atoms with Crippen molar-refractivity contribution in [2.24, 2.45) is 0 Å². The van der Waals surface area contributed by atoms with Crippen LogP contribution in [0.15, 0.2) is 18.2 Å². The normalized spacial score (nSPS) is 19.7. The summed E-state index contributed by atoms with van der Waals surface area (Å²) < 4.78 is 11.2. The fraction of sp³-hybridized carbons (Fsp3) is 0.647. The molecular weight excluding hydrogens is 264 g/mol. The molecule has 0 bridgehead atoms. The van der Waals surface area contributed by atoms with Gasteiger partial charge in [-0.1, -0.05) is 6.07 Å². The minimum absolute atomic E-state index is 0.521. The first-order chi connectivity index (χ1) is 10.3. The van der Waals surface area contributed by atoms with Gasteiger partial charge in [-0.2, -0.15) is 0 Å². The third-order valence-electron chi connectivity index (χ3n) is 4.49. The highest BCUT2D eigenvalue weighted by molar-refractivity contribution is 5.44. The zero-order valence-corrected chi connectivity index (χ0v) is 12.9. The van der Waals surface area contributed by atoms with E-state index in [0.717, 1.165) is 17.9 Å². The van der Waals surface area contributed by atoms with Crippen molar-refractivity contribution in [2.45, 2.75) is 31.7 Å². The maximum atomic E-state index is 5.67. The zero-order chi connectivity index (χ0) is 14.5. The Morgan fingerprint density at radius 3 is 2.67 bits per heavy atom. The molecule has 1 unspecified atom stereocenters. The second-order valence-corrected chi connectivity index (χ2v) is 6.01. The highest BCUT2D eigenvalue weighted by Gasteiger charge is 2.16. The predicted molar refractivity (Wildman–Crippen MR) is 84.3 cm³/mol. The molecule has 4 nitrogen and oxygen atoms in total. The Morgan fingerprint density at radius 1 is 1.14 bits per heavy atom. The number of likely N-dealkylation sites (N-methyl/N-ethyl adjacent to an activating group) is 1. The highest BCUT2D eigenvalue weighted by atomic mass is 16.6. The van der Waals surface area contributed by atoms with Crippen molar-refractivity contribution < 1.29 is 9.47 Å². The standard InChI is InChI=1S/C17H26N2O2/c1-18-15(6-9-19-7-2-3-8-19)12-14-4-5-16-17(13-14)21-11-10-20-16/h4-5,13,15,18H,2-3,6-12H2,1H3. The van der Waals surface area contributed by atoms with E-state index in [1.807, 2.05) is 6.07 Å². The molecule has 1 fully saturated rings. The van der Waals surface area contributed by atoms with Crippen molar-refractivity contribution in [1.29, 1.82) is 0 Å². The maximum absolute atomic E-state index is 5.67. The van der Waals surface area contributed by atoms with Crippen LogP contribution in [0.5, 0.6) is 11.5 Å². The molecule has 1 atom stereocenters. The molecule has 116 valence electrons. The fourth-order valence-electron chi connectivity index (χ4n) is 3.19. The van der Waals surface area contributed by atoms with Crippen LogP contribution in [0.25, 0.3) is 0 Å². The van der Waals surface area contributed by atoms with Crippen molar-refractivity contribution in [3.05, 3.63) is 23.8 Å². The number of rotatable bonds is 6. The van der Waals surface area contributed by atoms with E-state index >= 15 is 0 Å². The minimum Gasteiger partial charge on any atom is -0.486 e. The molecule has 2 heterocycles. The van der Waals surface area contributed by atoms with Crippen LogP contribution in [0.1, 0.15) is 24.8 Å². The lowest BCUT2D eigenvalue weighted by atomic mass is 10.0. The van der Waals surface area contributed by atoms with Crippen LogP contribution >= 0.6 is 0 Å². The summed E-state index contributed by atoms with van der Waals surface area (Å²) in [4.78, 5) is 2.58. The zero-order valence-electron chi connectivity index (χ0n) is 12.9. The second-order valence-electron chi connectivity index (χ2n) is 6.01. The van der Waals surface area contributed by atoms with E-state index in [-0.39, 0.29) is 0 Å². The van der Waals surface area contributed by atoms with E-state index in [0.29, 0.717) is 19.3 Å². The predicted octanol–water partition coefficient (Wildman–Crippen LogP) is 2.07. The molecule has 4 heteroatoms. The quantitative estimate of drug-likeness (QED) is 0.870. The average molecular weight is 290 g/mol. The molecule has 1 saturated heterocycles. The molecule has 0 radical (unpaired) electrons. The van der Waals surface area contributed by atoms with E-state index in [1.165, 1.54) is 44.5 Å². The molecule has 21 heavy (non-hydrogen) atoms. The molecule has 3 rings (SSSR count). The number of benzene rings is 1. The molecular formula is C17H26N2O2. The molecule has 0 amide bonds. The number of hydrogen-bond donors (Lipinski definition) is 1. The Kier molecular flexibility index (Phi) is 4.99. The lowest BCUT2D eigenvalue weighted by Gasteiger charge is -2.22. The summed E-state index contributed by atoms with van der Waals surface area (Å²) in [5.41, 5.74) is 1.32. The van der Waals surface area contributed by atoms with Gasteiger partial charge < -0.3 is 19.7 Å². The van der Waals surface area contributed by atoms with E-state index in [1.54, 1.807) is 0 Å². The summed E-state index contributed by atoms with van der Waals surface area (Å²) in [7, 11) is 2.06. The molecule has 2 aliphatic rings. The molecule has 0 saturated carbocycles.